The van der Waals surface area contributed by atoms with Crippen LogP contribution < -0.4 is 0 Å². The van der Waals surface area contributed by atoms with Gasteiger partial charge >= 0.3 is 0 Å². The van der Waals surface area contributed by atoms with Gasteiger partial charge in [0.25, 0.3) is 0 Å². The van der Waals surface area contributed by atoms with Gasteiger partial charge in [-0.05, 0) is 70.8 Å². The van der Waals surface area contributed by atoms with Crippen LogP contribution in [0.3, 0.4) is 0 Å². The second kappa shape index (κ2) is 8.72. The summed E-state index contributed by atoms with van der Waals surface area (Å²) in [5.74, 6) is 0. The molecule has 0 atom stereocenters. The monoisotopic (exact) mass is 408 g/mol. The molecule has 2 aromatic heterocycles. The van der Waals surface area contributed by atoms with E-state index >= 15 is 0 Å². The molecule has 0 aliphatic rings. The molecule has 2 rings (SSSR count). The summed E-state index contributed by atoms with van der Waals surface area (Å²) in [5.41, 5.74) is 2.47. The third kappa shape index (κ3) is 6.54. The minimum Gasteiger partial charge on any atom is -0.245 e. The third-order valence-electron chi connectivity index (χ3n) is 2.43. The molecule has 0 aliphatic heterocycles. The minimum atomic E-state index is 0.578. The standard InChI is InChI=1S/C7H7ClIN.C7H8ClN/c1-2-5-3-6(8)10-7(9)4-5;1-2-6-3-4-9-7(8)5-6/h3-4H,2H2,1H3;3-5H,2H2,1H3. The summed E-state index contributed by atoms with van der Waals surface area (Å²) in [6.07, 6.45) is 3.75. The molecule has 0 unspecified atom stereocenters. The molecule has 2 aromatic rings. The Hall–Kier alpha value is -0.390. The van der Waals surface area contributed by atoms with Crippen molar-refractivity contribution < 1.29 is 0 Å². The largest absolute Gasteiger partial charge is 0.245 e. The SMILES string of the molecule is CCc1cc(Cl)nc(I)c1.CCc1ccnc(Cl)c1. The van der Waals surface area contributed by atoms with E-state index in [0.29, 0.717) is 10.3 Å². The molecule has 0 aliphatic carbocycles. The lowest BCUT2D eigenvalue weighted by atomic mass is 10.2. The molecule has 0 saturated carbocycles. The normalized spacial score (nSPS) is 9.74. The van der Waals surface area contributed by atoms with E-state index in [0.717, 1.165) is 16.5 Å². The van der Waals surface area contributed by atoms with Gasteiger partial charge in [0.15, 0.2) is 0 Å². The highest BCUT2D eigenvalue weighted by molar-refractivity contribution is 14.1. The van der Waals surface area contributed by atoms with Crippen LogP contribution in [0.15, 0.2) is 30.5 Å². The van der Waals surface area contributed by atoms with Gasteiger partial charge in [-0.2, -0.15) is 0 Å². The van der Waals surface area contributed by atoms with E-state index in [2.05, 4.69) is 46.4 Å². The van der Waals surface area contributed by atoms with E-state index in [9.17, 15) is 0 Å². The van der Waals surface area contributed by atoms with Crippen LogP contribution in [0.2, 0.25) is 10.3 Å². The molecule has 2 nitrogen and oxygen atoms in total. The predicted octanol–water partition coefficient (Wildman–Crippen LogP) is 5.20. The molecule has 0 fully saturated rings. The Balaban J connectivity index is 0.000000191. The number of aryl methyl sites for hydroxylation is 2. The summed E-state index contributed by atoms with van der Waals surface area (Å²) in [7, 11) is 0. The quantitative estimate of drug-likeness (QED) is 0.504. The van der Waals surface area contributed by atoms with Crippen LogP contribution in [0.4, 0.5) is 0 Å². The zero-order valence-electron chi connectivity index (χ0n) is 10.8. The lowest BCUT2D eigenvalue weighted by molar-refractivity contribution is 1.11. The van der Waals surface area contributed by atoms with Gasteiger partial charge in [-0.15, -0.1) is 0 Å². The van der Waals surface area contributed by atoms with Gasteiger partial charge in [0.05, 0.1) is 0 Å². The van der Waals surface area contributed by atoms with Gasteiger partial charge in [0.2, 0.25) is 0 Å². The Morgan fingerprint density at radius 1 is 1.00 bits per heavy atom. The van der Waals surface area contributed by atoms with E-state index in [-0.39, 0.29) is 0 Å². The zero-order chi connectivity index (χ0) is 14.3. The van der Waals surface area contributed by atoms with Gasteiger partial charge in [-0.1, -0.05) is 37.0 Å². The molecule has 5 heteroatoms. The van der Waals surface area contributed by atoms with Crippen LogP contribution in [0.25, 0.3) is 0 Å². The number of halogens is 3. The summed E-state index contributed by atoms with van der Waals surface area (Å²) in [5, 5.41) is 1.16. The summed E-state index contributed by atoms with van der Waals surface area (Å²) < 4.78 is 0.960. The maximum Gasteiger partial charge on any atom is 0.130 e. The lowest BCUT2D eigenvalue weighted by Crippen LogP contribution is -1.85. The van der Waals surface area contributed by atoms with Crippen molar-refractivity contribution in [2.75, 3.05) is 0 Å². The molecule has 19 heavy (non-hydrogen) atoms. The number of pyridine rings is 2. The van der Waals surface area contributed by atoms with E-state index in [4.69, 9.17) is 23.2 Å². The Morgan fingerprint density at radius 3 is 2.11 bits per heavy atom. The molecule has 0 N–H and O–H groups in total. The van der Waals surface area contributed by atoms with Gasteiger partial charge in [0.1, 0.15) is 14.0 Å². The van der Waals surface area contributed by atoms with Crippen molar-refractivity contribution in [2.24, 2.45) is 0 Å². The smallest absolute Gasteiger partial charge is 0.130 e. The van der Waals surface area contributed by atoms with E-state index in [1.165, 1.54) is 11.1 Å². The topological polar surface area (TPSA) is 25.8 Å². The van der Waals surface area contributed by atoms with Crippen LogP contribution >= 0.6 is 45.8 Å². The first kappa shape index (κ1) is 16.7. The maximum atomic E-state index is 5.71. The second-order valence-electron chi connectivity index (χ2n) is 3.81. The molecule has 0 amide bonds. The summed E-state index contributed by atoms with van der Waals surface area (Å²) in [6.45, 7) is 4.19. The van der Waals surface area contributed by atoms with Crippen LogP contribution in [-0.4, -0.2) is 9.97 Å². The number of aromatic nitrogens is 2. The molecular formula is C14H15Cl2IN2. The average molecular weight is 409 g/mol. The summed E-state index contributed by atoms with van der Waals surface area (Å²) in [6, 6.07) is 7.77. The van der Waals surface area contributed by atoms with Crippen molar-refractivity contribution in [1.29, 1.82) is 0 Å². The van der Waals surface area contributed by atoms with Crippen molar-refractivity contribution in [3.63, 3.8) is 0 Å². The van der Waals surface area contributed by atoms with Crippen molar-refractivity contribution in [3.05, 3.63) is 55.6 Å². The number of nitrogens with zero attached hydrogens (tertiary/aromatic N) is 2. The van der Waals surface area contributed by atoms with Crippen molar-refractivity contribution >= 4 is 45.8 Å². The Labute approximate surface area is 137 Å². The first-order valence-corrected chi connectivity index (χ1v) is 7.81. The molecule has 0 saturated heterocycles. The maximum absolute atomic E-state index is 5.71. The van der Waals surface area contributed by atoms with E-state index in [1.807, 2.05) is 24.3 Å². The van der Waals surface area contributed by atoms with Crippen molar-refractivity contribution in [2.45, 2.75) is 26.7 Å². The number of hydrogen-bond donors (Lipinski definition) is 0. The zero-order valence-corrected chi connectivity index (χ0v) is 14.5. The Morgan fingerprint density at radius 2 is 1.63 bits per heavy atom. The second-order valence-corrected chi connectivity index (χ2v) is 5.69. The molecule has 0 bridgehead atoms. The first-order chi connectivity index (χ1) is 9.05. The van der Waals surface area contributed by atoms with Crippen molar-refractivity contribution in [1.82, 2.24) is 9.97 Å². The molecular weight excluding hydrogens is 394 g/mol. The van der Waals surface area contributed by atoms with E-state index < -0.39 is 0 Å². The average Bonchev–Trinajstić information content (AvgIpc) is 2.38. The highest BCUT2D eigenvalue weighted by atomic mass is 127. The Kier molecular flexibility index (Phi) is 7.64. The van der Waals surface area contributed by atoms with Gasteiger partial charge in [-0.3, -0.25) is 0 Å². The molecule has 0 spiro atoms. The van der Waals surface area contributed by atoms with E-state index in [1.54, 1.807) is 6.20 Å². The van der Waals surface area contributed by atoms with Crippen molar-refractivity contribution in [3.8, 4) is 0 Å². The van der Waals surface area contributed by atoms with Crippen LogP contribution in [-0.2, 0) is 12.8 Å². The Bertz CT molecular complexity index is 512. The molecule has 0 aromatic carbocycles. The van der Waals surface area contributed by atoms with Crippen LogP contribution in [0.1, 0.15) is 25.0 Å². The molecule has 0 radical (unpaired) electrons. The lowest BCUT2D eigenvalue weighted by Gasteiger charge is -1.96. The van der Waals surface area contributed by atoms with Crippen LogP contribution in [0, 0.1) is 3.70 Å². The fourth-order valence-corrected chi connectivity index (χ4v) is 2.61. The van der Waals surface area contributed by atoms with Gasteiger partial charge in [0, 0.05) is 6.20 Å². The summed E-state index contributed by atoms with van der Waals surface area (Å²) >= 11 is 13.5. The fraction of sp³-hybridized carbons (Fsp3) is 0.286. The fourth-order valence-electron chi connectivity index (χ4n) is 1.38. The highest BCUT2D eigenvalue weighted by Gasteiger charge is 1.95. The highest BCUT2D eigenvalue weighted by Crippen LogP contribution is 2.12. The van der Waals surface area contributed by atoms with Gasteiger partial charge < -0.3 is 0 Å². The molecule has 2 heterocycles. The predicted molar refractivity (Wildman–Crippen MR) is 90.0 cm³/mol. The van der Waals surface area contributed by atoms with Crippen LogP contribution in [0.5, 0.6) is 0 Å². The first-order valence-electron chi connectivity index (χ1n) is 5.97. The number of rotatable bonds is 2. The van der Waals surface area contributed by atoms with Gasteiger partial charge in [-0.25, -0.2) is 9.97 Å². The summed E-state index contributed by atoms with van der Waals surface area (Å²) in [4.78, 5) is 7.89. The molecule has 102 valence electrons. The minimum absolute atomic E-state index is 0.578. The third-order valence-corrected chi connectivity index (χ3v) is 3.38. The number of hydrogen-bond acceptors (Lipinski definition) is 2.